The van der Waals surface area contributed by atoms with E-state index < -0.39 is 0 Å². The van der Waals surface area contributed by atoms with Crippen molar-refractivity contribution in [3.8, 4) is 0 Å². The van der Waals surface area contributed by atoms with Gasteiger partial charge in [0.15, 0.2) is 0 Å². The Hall–Kier alpha value is -1.18. The highest BCUT2D eigenvalue weighted by atomic mass is 14.9. The second-order valence-electron chi connectivity index (χ2n) is 4.75. The van der Waals surface area contributed by atoms with Crippen molar-refractivity contribution in [3.63, 3.8) is 0 Å². The smallest absolute Gasteiger partial charge is 0.0576 e. The number of aryl methyl sites for hydroxylation is 1. The average molecular weight is 204 g/mol. The zero-order valence-corrected chi connectivity index (χ0v) is 9.59. The zero-order chi connectivity index (χ0) is 10.8. The van der Waals surface area contributed by atoms with E-state index in [-0.39, 0.29) is 0 Å². The maximum absolute atomic E-state index is 5.98. The van der Waals surface area contributed by atoms with Gasteiger partial charge in [-0.25, -0.2) is 0 Å². The van der Waals surface area contributed by atoms with E-state index >= 15 is 0 Å². The highest BCUT2D eigenvalue weighted by Gasteiger charge is 2.23. The Kier molecular flexibility index (Phi) is 2.85. The minimum absolute atomic E-state index is 0.606. The molecule has 1 aliphatic carbocycles. The Morgan fingerprint density at radius 3 is 2.73 bits per heavy atom. The first-order valence-electron chi connectivity index (χ1n) is 5.79. The molecule has 0 radical (unpaired) electrons. The van der Waals surface area contributed by atoms with Crippen LogP contribution in [0, 0.1) is 12.8 Å². The number of hydrogen-bond donors (Lipinski definition) is 2. The first kappa shape index (κ1) is 10.3. The van der Waals surface area contributed by atoms with Gasteiger partial charge in [0.1, 0.15) is 0 Å². The van der Waals surface area contributed by atoms with Crippen LogP contribution < -0.4 is 11.1 Å². The van der Waals surface area contributed by atoms with Crippen LogP contribution in [0.2, 0.25) is 0 Å². The van der Waals surface area contributed by atoms with Gasteiger partial charge in [0.05, 0.1) is 11.4 Å². The lowest BCUT2D eigenvalue weighted by atomic mass is 10.1. The number of nitrogen functional groups attached to an aromatic ring is 1. The lowest BCUT2D eigenvalue weighted by Crippen LogP contribution is -2.22. The summed E-state index contributed by atoms with van der Waals surface area (Å²) in [7, 11) is 0. The van der Waals surface area contributed by atoms with Crippen LogP contribution in [0.5, 0.6) is 0 Å². The molecule has 2 nitrogen and oxygen atoms in total. The van der Waals surface area contributed by atoms with E-state index in [0.717, 1.165) is 17.3 Å². The molecule has 0 aliphatic heterocycles. The molecule has 3 N–H and O–H groups in total. The fourth-order valence-electron chi connectivity index (χ4n) is 2.37. The third kappa shape index (κ3) is 2.25. The summed E-state index contributed by atoms with van der Waals surface area (Å²) in [5, 5.41) is 3.56. The maximum Gasteiger partial charge on any atom is 0.0576 e. The molecule has 2 rings (SSSR count). The Morgan fingerprint density at radius 2 is 2.13 bits per heavy atom. The number of anilines is 2. The fraction of sp³-hybridized carbons (Fsp3) is 0.538. The standard InChI is InChI=1S/C13H20N2/c1-9-6-7-13(11(14)8-9)15-12-5-3-4-10(12)2/h6-8,10,12,15H,3-5,14H2,1-2H3. The summed E-state index contributed by atoms with van der Waals surface area (Å²) in [4.78, 5) is 0. The number of nitrogens with two attached hydrogens (primary N) is 1. The van der Waals surface area contributed by atoms with Crippen molar-refractivity contribution in [2.75, 3.05) is 11.1 Å². The Balaban J connectivity index is 2.10. The molecule has 1 fully saturated rings. The fourth-order valence-corrected chi connectivity index (χ4v) is 2.37. The normalized spacial score (nSPS) is 25.5. The molecule has 0 spiro atoms. The van der Waals surface area contributed by atoms with Crippen molar-refractivity contribution in [1.29, 1.82) is 0 Å². The summed E-state index contributed by atoms with van der Waals surface area (Å²) in [6, 6.07) is 6.84. The highest BCUT2D eigenvalue weighted by Crippen LogP contribution is 2.30. The van der Waals surface area contributed by atoms with Crippen LogP contribution in [0.1, 0.15) is 31.7 Å². The number of nitrogens with one attached hydrogen (secondary N) is 1. The molecule has 2 heteroatoms. The lowest BCUT2D eigenvalue weighted by molar-refractivity contribution is 0.556. The van der Waals surface area contributed by atoms with Crippen molar-refractivity contribution in [2.24, 2.45) is 5.92 Å². The van der Waals surface area contributed by atoms with Crippen LogP contribution in [0.15, 0.2) is 18.2 Å². The molecule has 15 heavy (non-hydrogen) atoms. The van der Waals surface area contributed by atoms with Gasteiger partial charge in [0, 0.05) is 6.04 Å². The Morgan fingerprint density at radius 1 is 1.33 bits per heavy atom. The van der Waals surface area contributed by atoms with Gasteiger partial charge in [-0.05, 0) is 43.4 Å². The number of rotatable bonds is 2. The summed E-state index contributed by atoms with van der Waals surface area (Å²) in [6.07, 6.45) is 3.95. The van der Waals surface area contributed by atoms with Crippen LogP contribution in [0.3, 0.4) is 0 Å². The van der Waals surface area contributed by atoms with Gasteiger partial charge in [-0.3, -0.25) is 0 Å². The van der Waals surface area contributed by atoms with Crippen LogP contribution in [-0.2, 0) is 0 Å². The molecule has 1 aromatic rings. The van der Waals surface area contributed by atoms with Gasteiger partial charge in [-0.15, -0.1) is 0 Å². The number of hydrogen-bond acceptors (Lipinski definition) is 2. The second-order valence-corrected chi connectivity index (χ2v) is 4.75. The minimum atomic E-state index is 0.606. The summed E-state index contributed by atoms with van der Waals surface area (Å²) in [5.74, 6) is 0.769. The van der Waals surface area contributed by atoms with Gasteiger partial charge < -0.3 is 11.1 Å². The molecule has 0 saturated heterocycles. The van der Waals surface area contributed by atoms with E-state index in [1.54, 1.807) is 0 Å². The van der Waals surface area contributed by atoms with E-state index in [9.17, 15) is 0 Å². The topological polar surface area (TPSA) is 38.0 Å². The lowest BCUT2D eigenvalue weighted by Gasteiger charge is -2.20. The quantitative estimate of drug-likeness (QED) is 0.726. The molecule has 2 unspecified atom stereocenters. The molecule has 82 valence electrons. The van der Waals surface area contributed by atoms with Gasteiger partial charge in [0.2, 0.25) is 0 Å². The van der Waals surface area contributed by atoms with Gasteiger partial charge >= 0.3 is 0 Å². The molecular formula is C13H20N2. The summed E-state index contributed by atoms with van der Waals surface area (Å²) >= 11 is 0. The predicted molar refractivity (Wildman–Crippen MR) is 66.0 cm³/mol. The van der Waals surface area contributed by atoms with E-state index in [1.165, 1.54) is 24.8 Å². The van der Waals surface area contributed by atoms with Crippen molar-refractivity contribution in [3.05, 3.63) is 23.8 Å². The number of benzene rings is 1. The predicted octanol–water partition coefficient (Wildman–Crippen LogP) is 3.18. The van der Waals surface area contributed by atoms with Crippen molar-refractivity contribution >= 4 is 11.4 Å². The monoisotopic (exact) mass is 204 g/mol. The molecular weight excluding hydrogens is 184 g/mol. The highest BCUT2D eigenvalue weighted by molar-refractivity contribution is 5.67. The van der Waals surface area contributed by atoms with E-state index in [2.05, 4.69) is 31.3 Å². The first-order valence-corrected chi connectivity index (χ1v) is 5.79. The van der Waals surface area contributed by atoms with Crippen LogP contribution in [-0.4, -0.2) is 6.04 Å². The van der Waals surface area contributed by atoms with Crippen molar-refractivity contribution in [2.45, 2.75) is 39.2 Å². The van der Waals surface area contributed by atoms with Gasteiger partial charge in [-0.1, -0.05) is 19.4 Å². The average Bonchev–Trinajstić information content (AvgIpc) is 2.57. The molecule has 2 atom stereocenters. The largest absolute Gasteiger partial charge is 0.397 e. The molecule has 0 aromatic heterocycles. The maximum atomic E-state index is 5.98. The molecule has 1 saturated carbocycles. The summed E-state index contributed by atoms with van der Waals surface area (Å²) < 4.78 is 0. The van der Waals surface area contributed by atoms with Gasteiger partial charge in [-0.2, -0.15) is 0 Å². The molecule has 1 aromatic carbocycles. The van der Waals surface area contributed by atoms with E-state index in [0.29, 0.717) is 6.04 Å². The molecule has 0 heterocycles. The molecule has 1 aliphatic rings. The van der Waals surface area contributed by atoms with E-state index in [4.69, 9.17) is 5.73 Å². The second kappa shape index (κ2) is 4.13. The minimum Gasteiger partial charge on any atom is -0.397 e. The Bertz CT molecular complexity index is 346. The van der Waals surface area contributed by atoms with Crippen molar-refractivity contribution in [1.82, 2.24) is 0 Å². The van der Waals surface area contributed by atoms with Crippen molar-refractivity contribution < 1.29 is 0 Å². The Labute approximate surface area is 91.9 Å². The van der Waals surface area contributed by atoms with Gasteiger partial charge in [0.25, 0.3) is 0 Å². The SMILES string of the molecule is Cc1ccc(NC2CCCC2C)c(N)c1. The third-order valence-corrected chi connectivity index (χ3v) is 3.41. The first-order chi connectivity index (χ1) is 7.16. The zero-order valence-electron chi connectivity index (χ0n) is 9.59. The van der Waals surface area contributed by atoms with Crippen LogP contribution >= 0.6 is 0 Å². The molecule has 0 bridgehead atoms. The summed E-state index contributed by atoms with van der Waals surface area (Å²) in [5.41, 5.74) is 9.17. The molecule has 0 amide bonds. The summed E-state index contributed by atoms with van der Waals surface area (Å²) in [6.45, 7) is 4.38. The third-order valence-electron chi connectivity index (χ3n) is 3.41. The van der Waals surface area contributed by atoms with Crippen LogP contribution in [0.4, 0.5) is 11.4 Å². The van der Waals surface area contributed by atoms with Crippen LogP contribution in [0.25, 0.3) is 0 Å². The van der Waals surface area contributed by atoms with E-state index in [1.807, 2.05) is 6.07 Å².